The van der Waals surface area contributed by atoms with Crippen LogP contribution in [0.3, 0.4) is 0 Å². The molecule has 1 aliphatic heterocycles. The summed E-state index contributed by atoms with van der Waals surface area (Å²) in [6.45, 7) is 1.66. The molecule has 116 valence electrons. The van der Waals surface area contributed by atoms with Crippen LogP contribution >= 0.6 is 11.3 Å². The normalized spacial score (nSPS) is 14.2. The fraction of sp³-hybridized carbons (Fsp3) is 0.375. The second kappa shape index (κ2) is 6.36. The van der Waals surface area contributed by atoms with Gasteiger partial charge in [-0.25, -0.2) is 4.98 Å². The van der Waals surface area contributed by atoms with E-state index in [4.69, 9.17) is 9.47 Å². The Morgan fingerprint density at radius 1 is 1.23 bits per heavy atom. The molecule has 0 unspecified atom stereocenters. The van der Waals surface area contributed by atoms with Crippen molar-refractivity contribution in [1.82, 2.24) is 9.88 Å². The third-order valence-corrected chi connectivity index (χ3v) is 4.63. The molecule has 5 nitrogen and oxygen atoms in total. The first-order chi connectivity index (χ1) is 10.7. The van der Waals surface area contributed by atoms with Crippen molar-refractivity contribution in [3.63, 3.8) is 0 Å². The molecule has 22 heavy (non-hydrogen) atoms. The molecular weight excluding hydrogens is 300 g/mol. The molecule has 0 aliphatic carbocycles. The van der Waals surface area contributed by atoms with Crippen molar-refractivity contribution in [2.24, 2.45) is 0 Å². The molecule has 0 spiro atoms. The quantitative estimate of drug-likeness (QED) is 0.869. The van der Waals surface area contributed by atoms with Crippen molar-refractivity contribution >= 4 is 17.2 Å². The van der Waals surface area contributed by atoms with Gasteiger partial charge < -0.3 is 14.4 Å². The molecule has 1 amide bonds. The molecule has 6 heteroatoms. The molecule has 1 aromatic carbocycles. The van der Waals surface area contributed by atoms with E-state index in [0.29, 0.717) is 17.2 Å². The van der Waals surface area contributed by atoms with Crippen LogP contribution in [0, 0.1) is 0 Å². The smallest absolute Gasteiger partial charge is 0.273 e. The predicted octanol–water partition coefficient (Wildman–Crippen LogP) is 3.06. The van der Waals surface area contributed by atoms with Crippen molar-refractivity contribution in [2.75, 3.05) is 27.3 Å². The van der Waals surface area contributed by atoms with E-state index in [0.717, 1.165) is 36.5 Å². The van der Waals surface area contributed by atoms with E-state index in [1.807, 2.05) is 28.5 Å². The van der Waals surface area contributed by atoms with Crippen LogP contribution in [0.15, 0.2) is 23.6 Å². The third kappa shape index (κ3) is 2.66. The number of rotatable bonds is 4. The standard InChI is InChI=1S/C16H18N2O3S/c1-20-13-7-5-6-11(14(13)21-2)15-17-12(10-22-15)16(19)18-8-3-4-9-18/h5-7,10H,3-4,8-9H2,1-2H3. The maximum atomic E-state index is 12.4. The number of methoxy groups -OCH3 is 2. The first kappa shape index (κ1) is 14.8. The van der Waals surface area contributed by atoms with Crippen LogP contribution in [-0.4, -0.2) is 43.1 Å². The number of amides is 1. The van der Waals surface area contributed by atoms with Gasteiger partial charge >= 0.3 is 0 Å². The Labute approximate surface area is 133 Å². The topological polar surface area (TPSA) is 51.7 Å². The zero-order chi connectivity index (χ0) is 15.5. The van der Waals surface area contributed by atoms with Crippen LogP contribution in [0.5, 0.6) is 11.5 Å². The van der Waals surface area contributed by atoms with Gasteiger partial charge in [-0.2, -0.15) is 0 Å². The molecule has 1 aromatic heterocycles. The van der Waals surface area contributed by atoms with E-state index < -0.39 is 0 Å². The molecule has 0 atom stereocenters. The molecule has 2 aromatic rings. The Balaban J connectivity index is 1.92. The summed E-state index contributed by atoms with van der Waals surface area (Å²) in [5.74, 6) is 1.31. The summed E-state index contributed by atoms with van der Waals surface area (Å²) >= 11 is 1.44. The van der Waals surface area contributed by atoms with E-state index >= 15 is 0 Å². The molecule has 2 heterocycles. The number of likely N-dealkylation sites (tertiary alicyclic amines) is 1. The number of para-hydroxylation sites is 1. The van der Waals surface area contributed by atoms with Crippen LogP contribution < -0.4 is 9.47 Å². The molecular formula is C16H18N2O3S. The number of nitrogens with zero attached hydrogens (tertiary/aromatic N) is 2. The summed E-state index contributed by atoms with van der Waals surface area (Å²) < 4.78 is 10.7. The minimum atomic E-state index is 0.0156. The van der Waals surface area contributed by atoms with E-state index in [2.05, 4.69) is 4.98 Å². The first-order valence-electron chi connectivity index (χ1n) is 7.20. The van der Waals surface area contributed by atoms with Crippen molar-refractivity contribution in [1.29, 1.82) is 0 Å². The number of benzene rings is 1. The van der Waals surface area contributed by atoms with E-state index in [1.165, 1.54) is 11.3 Å². The molecule has 0 N–H and O–H groups in total. The minimum Gasteiger partial charge on any atom is -0.493 e. The number of ether oxygens (including phenoxy) is 2. The second-order valence-corrected chi connectivity index (χ2v) is 5.94. The number of aromatic nitrogens is 1. The van der Waals surface area contributed by atoms with Gasteiger partial charge in [0, 0.05) is 18.5 Å². The number of hydrogen-bond acceptors (Lipinski definition) is 5. The van der Waals surface area contributed by atoms with Gasteiger partial charge in [0.25, 0.3) is 5.91 Å². The van der Waals surface area contributed by atoms with Crippen LogP contribution in [-0.2, 0) is 0 Å². The van der Waals surface area contributed by atoms with E-state index in [1.54, 1.807) is 14.2 Å². The predicted molar refractivity (Wildman–Crippen MR) is 85.8 cm³/mol. The highest BCUT2D eigenvalue weighted by Crippen LogP contribution is 2.39. The van der Waals surface area contributed by atoms with Crippen LogP contribution in [0.2, 0.25) is 0 Å². The summed E-state index contributed by atoms with van der Waals surface area (Å²) in [5.41, 5.74) is 1.35. The molecule has 0 saturated carbocycles. The molecule has 1 aliphatic rings. The Hall–Kier alpha value is -2.08. The highest BCUT2D eigenvalue weighted by atomic mass is 32.1. The molecule has 3 rings (SSSR count). The number of hydrogen-bond donors (Lipinski definition) is 0. The first-order valence-corrected chi connectivity index (χ1v) is 8.08. The highest BCUT2D eigenvalue weighted by molar-refractivity contribution is 7.13. The van der Waals surface area contributed by atoms with Gasteiger partial charge in [-0.1, -0.05) is 6.07 Å². The van der Waals surface area contributed by atoms with Crippen molar-refractivity contribution in [2.45, 2.75) is 12.8 Å². The lowest BCUT2D eigenvalue weighted by Crippen LogP contribution is -2.27. The van der Waals surface area contributed by atoms with Gasteiger partial charge in [-0.3, -0.25) is 4.79 Å². The summed E-state index contributed by atoms with van der Waals surface area (Å²) in [6, 6.07) is 5.65. The van der Waals surface area contributed by atoms with Gasteiger partial charge in [0.05, 0.1) is 19.8 Å². The summed E-state index contributed by atoms with van der Waals surface area (Å²) in [6.07, 6.45) is 2.15. The molecule has 0 radical (unpaired) electrons. The minimum absolute atomic E-state index is 0.0156. The van der Waals surface area contributed by atoms with Gasteiger partial charge in [0.15, 0.2) is 11.5 Å². The Morgan fingerprint density at radius 3 is 2.68 bits per heavy atom. The lowest BCUT2D eigenvalue weighted by molar-refractivity contribution is 0.0788. The van der Waals surface area contributed by atoms with Gasteiger partial charge in [0.2, 0.25) is 0 Å². The average molecular weight is 318 g/mol. The number of carbonyl (C=O) groups is 1. The van der Waals surface area contributed by atoms with E-state index in [-0.39, 0.29) is 5.91 Å². The second-order valence-electron chi connectivity index (χ2n) is 5.08. The van der Waals surface area contributed by atoms with E-state index in [9.17, 15) is 4.79 Å². The Bertz CT molecular complexity index is 678. The maximum Gasteiger partial charge on any atom is 0.273 e. The number of carbonyl (C=O) groups excluding carboxylic acids is 1. The van der Waals surface area contributed by atoms with Gasteiger partial charge in [-0.05, 0) is 25.0 Å². The van der Waals surface area contributed by atoms with Crippen LogP contribution in [0.1, 0.15) is 23.3 Å². The monoisotopic (exact) mass is 318 g/mol. The zero-order valence-corrected chi connectivity index (χ0v) is 13.5. The third-order valence-electron chi connectivity index (χ3n) is 3.75. The van der Waals surface area contributed by atoms with Crippen LogP contribution in [0.4, 0.5) is 0 Å². The lowest BCUT2D eigenvalue weighted by Gasteiger charge is -2.13. The summed E-state index contributed by atoms with van der Waals surface area (Å²) in [5, 5.41) is 2.58. The fourth-order valence-electron chi connectivity index (χ4n) is 2.63. The Kier molecular flexibility index (Phi) is 4.29. The number of thiazole rings is 1. The van der Waals surface area contributed by atoms with Crippen LogP contribution in [0.25, 0.3) is 10.6 Å². The molecule has 1 saturated heterocycles. The summed E-state index contributed by atoms with van der Waals surface area (Å²) in [4.78, 5) is 18.7. The summed E-state index contributed by atoms with van der Waals surface area (Å²) in [7, 11) is 3.21. The largest absolute Gasteiger partial charge is 0.493 e. The van der Waals surface area contributed by atoms with Crippen molar-refractivity contribution in [3.8, 4) is 22.1 Å². The zero-order valence-electron chi connectivity index (χ0n) is 12.7. The molecule has 1 fully saturated rings. The maximum absolute atomic E-state index is 12.4. The lowest BCUT2D eigenvalue weighted by atomic mass is 10.2. The fourth-order valence-corrected chi connectivity index (χ4v) is 3.45. The molecule has 0 bridgehead atoms. The van der Waals surface area contributed by atoms with Gasteiger partial charge in [-0.15, -0.1) is 11.3 Å². The average Bonchev–Trinajstić information content (AvgIpc) is 3.24. The SMILES string of the molecule is COc1cccc(-c2nc(C(=O)N3CCCC3)cs2)c1OC. The van der Waals surface area contributed by atoms with Crippen molar-refractivity contribution < 1.29 is 14.3 Å². The Morgan fingerprint density at radius 2 is 2.00 bits per heavy atom. The van der Waals surface area contributed by atoms with Gasteiger partial charge in [0.1, 0.15) is 10.7 Å². The highest BCUT2D eigenvalue weighted by Gasteiger charge is 2.23. The van der Waals surface area contributed by atoms with Crippen molar-refractivity contribution in [3.05, 3.63) is 29.3 Å².